The van der Waals surface area contributed by atoms with Gasteiger partial charge in [-0.25, -0.2) is 4.39 Å². The minimum Gasteiger partial charge on any atom is -0.466 e. The largest absolute Gasteiger partial charge is 0.466 e. The molecular formula is C16H24ClFN2O3. The first kappa shape index (κ1) is 21.3. The van der Waals surface area contributed by atoms with Gasteiger partial charge in [0.2, 0.25) is 5.91 Å². The molecule has 2 N–H and O–H groups in total. The Bertz CT molecular complexity index is 483. The lowest BCUT2D eigenvalue weighted by Crippen LogP contribution is -2.31. The third-order valence-corrected chi connectivity index (χ3v) is 3.11. The Hall–Kier alpha value is -1.66. The summed E-state index contributed by atoms with van der Waals surface area (Å²) in [4.78, 5) is 23.6. The third kappa shape index (κ3) is 8.52. The standard InChI is InChI=1S/C16H23FN2O3.ClH/c1-3-22-16(21)11-14(12-6-8-13(17)9-7-12)19-15(20)5-4-10-18-2;/h6-9,14,18H,3-5,10-11H2,1-2H3,(H,19,20);1H. The minimum absolute atomic E-state index is 0. The molecule has 1 amide bonds. The minimum atomic E-state index is -0.512. The maximum atomic E-state index is 13.0. The van der Waals surface area contributed by atoms with E-state index in [1.165, 1.54) is 12.1 Å². The quantitative estimate of drug-likeness (QED) is 0.532. The van der Waals surface area contributed by atoms with Crippen LogP contribution in [0.25, 0.3) is 0 Å². The zero-order valence-corrected chi connectivity index (χ0v) is 14.2. The molecule has 130 valence electrons. The summed E-state index contributed by atoms with van der Waals surface area (Å²) in [6.07, 6.45) is 1.09. The molecule has 0 aliphatic carbocycles. The second-order valence-corrected chi connectivity index (χ2v) is 4.89. The fourth-order valence-electron chi connectivity index (χ4n) is 2.03. The highest BCUT2D eigenvalue weighted by Crippen LogP contribution is 2.18. The van der Waals surface area contributed by atoms with Gasteiger partial charge < -0.3 is 15.4 Å². The van der Waals surface area contributed by atoms with Crippen LogP contribution >= 0.6 is 12.4 Å². The maximum absolute atomic E-state index is 13.0. The van der Waals surface area contributed by atoms with E-state index in [1.54, 1.807) is 19.1 Å². The van der Waals surface area contributed by atoms with Crippen molar-refractivity contribution in [2.75, 3.05) is 20.2 Å². The number of carbonyl (C=O) groups is 2. The number of esters is 1. The van der Waals surface area contributed by atoms with E-state index in [0.29, 0.717) is 18.4 Å². The molecule has 7 heteroatoms. The van der Waals surface area contributed by atoms with Crippen molar-refractivity contribution in [3.8, 4) is 0 Å². The molecule has 0 saturated carbocycles. The van der Waals surface area contributed by atoms with Crippen molar-refractivity contribution in [2.24, 2.45) is 0 Å². The first-order valence-electron chi connectivity index (χ1n) is 7.41. The average molecular weight is 347 g/mol. The summed E-state index contributed by atoms with van der Waals surface area (Å²) in [5.74, 6) is -0.903. The Labute approximate surface area is 142 Å². The van der Waals surface area contributed by atoms with Crippen LogP contribution in [0.1, 0.15) is 37.8 Å². The summed E-state index contributed by atoms with van der Waals surface area (Å²) in [6.45, 7) is 2.75. The topological polar surface area (TPSA) is 67.4 Å². The highest BCUT2D eigenvalue weighted by Gasteiger charge is 2.19. The van der Waals surface area contributed by atoms with Crippen LogP contribution in [0.2, 0.25) is 0 Å². The van der Waals surface area contributed by atoms with Gasteiger partial charge >= 0.3 is 5.97 Å². The zero-order valence-electron chi connectivity index (χ0n) is 13.4. The summed E-state index contributed by atoms with van der Waals surface area (Å²) in [5, 5.41) is 5.78. The van der Waals surface area contributed by atoms with Gasteiger partial charge in [-0.3, -0.25) is 9.59 Å². The number of nitrogens with one attached hydrogen (secondary N) is 2. The van der Waals surface area contributed by atoms with Gasteiger partial charge in [0, 0.05) is 6.42 Å². The van der Waals surface area contributed by atoms with Crippen LogP contribution < -0.4 is 10.6 Å². The van der Waals surface area contributed by atoms with Gasteiger partial charge in [-0.2, -0.15) is 0 Å². The highest BCUT2D eigenvalue weighted by molar-refractivity contribution is 5.85. The van der Waals surface area contributed by atoms with Gasteiger partial charge in [0.25, 0.3) is 0 Å². The van der Waals surface area contributed by atoms with Crippen LogP contribution in [0.4, 0.5) is 4.39 Å². The fraction of sp³-hybridized carbons (Fsp3) is 0.500. The van der Waals surface area contributed by atoms with Crippen molar-refractivity contribution in [2.45, 2.75) is 32.2 Å². The van der Waals surface area contributed by atoms with Gasteiger partial charge in [-0.1, -0.05) is 12.1 Å². The van der Waals surface area contributed by atoms with Crippen molar-refractivity contribution in [3.05, 3.63) is 35.6 Å². The fourth-order valence-corrected chi connectivity index (χ4v) is 2.03. The van der Waals surface area contributed by atoms with E-state index >= 15 is 0 Å². The first-order valence-corrected chi connectivity index (χ1v) is 7.41. The average Bonchev–Trinajstić information content (AvgIpc) is 2.48. The van der Waals surface area contributed by atoms with Gasteiger partial charge in [-0.05, 0) is 44.6 Å². The number of ether oxygens (including phenoxy) is 1. The lowest BCUT2D eigenvalue weighted by Gasteiger charge is -2.18. The van der Waals surface area contributed by atoms with E-state index in [2.05, 4.69) is 10.6 Å². The molecule has 1 rings (SSSR count). The number of hydrogen-bond acceptors (Lipinski definition) is 4. The Morgan fingerprint density at radius 2 is 1.91 bits per heavy atom. The van der Waals surface area contributed by atoms with Crippen molar-refractivity contribution < 1.29 is 18.7 Å². The molecule has 0 aliphatic rings. The summed E-state index contributed by atoms with van der Waals surface area (Å²) < 4.78 is 17.9. The SMILES string of the molecule is CCOC(=O)CC(NC(=O)CCCNC)c1ccc(F)cc1.Cl. The molecule has 1 aromatic rings. The Kier molecular flexibility index (Phi) is 11.0. The van der Waals surface area contributed by atoms with Crippen molar-refractivity contribution in [1.29, 1.82) is 0 Å². The van der Waals surface area contributed by atoms with Crippen LogP contribution in [-0.2, 0) is 14.3 Å². The van der Waals surface area contributed by atoms with Crippen LogP contribution in [0.3, 0.4) is 0 Å². The highest BCUT2D eigenvalue weighted by atomic mass is 35.5. The van der Waals surface area contributed by atoms with E-state index in [4.69, 9.17) is 4.74 Å². The number of rotatable bonds is 9. The summed E-state index contributed by atoms with van der Waals surface area (Å²) in [6, 6.07) is 5.23. The van der Waals surface area contributed by atoms with Crippen molar-refractivity contribution >= 4 is 24.3 Å². The monoisotopic (exact) mass is 346 g/mol. The third-order valence-electron chi connectivity index (χ3n) is 3.11. The molecule has 0 radical (unpaired) electrons. The molecule has 0 saturated heterocycles. The second-order valence-electron chi connectivity index (χ2n) is 4.89. The predicted octanol–water partition coefficient (Wildman–Crippen LogP) is 2.36. The molecule has 1 aromatic carbocycles. The van der Waals surface area contributed by atoms with Gasteiger partial charge in [0.05, 0.1) is 19.1 Å². The normalized spacial score (nSPS) is 11.3. The number of benzene rings is 1. The molecule has 1 atom stereocenters. The molecule has 0 fully saturated rings. The summed E-state index contributed by atoms with van der Waals surface area (Å²) >= 11 is 0. The predicted molar refractivity (Wildman–Crippen MR) is 88.9 cm³/mol. The molecule has 1 unspecified atom stereocenters. The number of amides is 1. The molecule has 0 bridgehead atoms. The van der Waals surface area contributed by atoms with Crippen LogP contribution in [0, 0.1) is 5.82 Å². The van der Waals surface area contributed by atoms with E-state index < -0.39 is 12.0 Å². The van der Waals surface area contributed by atoms with Crippen LogP contribution in [-0.4, -0.2) is 32.1 Å². The van der Waals surface area contributed by atoms with E-state index in [-0.39, 0.29) is 37.2 Å². The molecule has 0 heterocycles. The van der Waals surface area contributed by atoms with E-state index in [0.717, 1.165) is 6.54 Å². The number of carbonyl (C=O) groups excluding carboxylic acids is 2. The Morgan fingerprint density at radius 1 is 1.26 bits per heavy atom. The van der Waals surface area contributed by atoms with Crippen LogP contribution in [0.5, 0.6) is 0 Å². The maximum Gasteiger partial charge on any atom is 0.308 e. The number of halogens is 2. The zero-order chi connectivity index (χ0) is 16.4. The molecular weight excluding hydrogens is 323 g/mol. The smallest absolute Gasteiger partial charge is 0.308 e. The molecule has 23 heavy (non-hydrogen) atoms. The van der Waals surface area contributed by atoms with Crippen LogP contribution in [0.15, 0.2) is 24.3 Å². The van der Waals surface area contributed by atoms with Gasteiger partial charge in [0.15, 0.2) is 0 Å². The van der Waals surface area contributed by atoms with Crippen molar-refractivity contribution in [1.82, 2.24) is 10.6 Å². The summed E-state index contributed by atoms with van der Waals surface area (Å²) in [5.41, 5.74) is 0.677. The number of hydrogen-bond donors (Lipinski definition) is 2. The molecule has 0 aliphatic heterocycles. The Balaban J connectivity index is 0.00000484. The molecule has 0 aromatic heterocycles. The second kappa shape index (κ2) is 11.8. The van der Waals surface area contributed by atoms with E-state index in [9.17, 15) is 14.0 Å². The van der Waals surface area contributed by atoms with E-state index in [1.807, 2.05) is 7.05 Å². The lowest BCUT2D eigenvalue weighted by molar-refractivity contribution is -0.143. The van der Waals surface area contributed by atoms with Gasteiger partial charge in [-0.15, -0.1) is 12.4 Å². The van der Waals surface area contributed by atoms with Gasteiger partial charge in [0.1, 0.15) is 5.82 Å². The first-order chi connectivity index (χ1) is 10.6. The van der Waals surface area contributed by atoms with Crippen molar-refractivity contribution in [3.63, 3.8) is 0 Å². The summed E-state index contributed by atoms with van der Waals surface area (Å²) in [7, 11) is 1.82. The molecule has 0 spiro atoms. The Morgan fingerprint density at radius 3 is 2.48 bits per heavy atom. The molecule has 5 nitrogen and oxygen atoms in total. The lowest BCUT2D eigenvalue weighted by atomic mass is 10.0.